The van der Waals surface area contributed by atoms with Crippen LogP contribution in [0.3, 0.4) is 0 Å². The highest BCUT2D eigenvalue weighted by atomic mass is 32.2. The lowest BCUT2D eigenvalue weighted by Gasteiger charge is -2.30. The number of Topliss-reactive ketones (excluding diaryl/α,β-unsaturated/α-hetero) is 1. The van der Waals surface area contributed by atoms with Crippen LogP contribution in [-0.4, -0.2) is 79.9 Å². The van der Waals surface area contributed by atoms with E-state index in [9.17, 15) is 44.1 Å². The minimum absolute atomic E-state index is 0.0204. The second-order valence-corrected chi connectivity index (χ2v) is 19.4. The minimum atomic E-state index is -4.46. The maximum absolute atomic E-state index is 12.2. The van der Waals surface area contributed by atoms with E-state index < -0.39 is 54.2 Å². The molecule has 0 amide bonds. The standard InChI is InChI=1S/C39H52N2O10S4/c1-28(2)35(42)14-8-7-11-21-39(5)32-26-29(54(47)48)17-19-34(32)41(23-13-25-53(45)46)37(39)16-10-6-9-15-36-38(3,4)31-27-30(55(49,50)51)18-20-33(31)40(36)22-12-24-52(43)44/h6,9-10,15-20,26-28H,7-8,11-14,21-25H2,1-5H3,(H3-,43,44,45,46,47,48,49,50,51)/p-1. The van der Waals surface area contributed by atoms with Crippen LogP contribution < -0.4 is 4.90 Å². The molecule has 302 valence electrons. The van der Waals surface area contributed by atoms with Gasteiger partial charge in [0, 0.05) is 70.5 Å². The molecular formula is C39H51N2O10S4-. The first-order valence-electron chi connectivity index (χ1n) is 18.3. The Morgan fingerprint density at radius 2 is 1.65 bits per heavy atom. The van der Waals surface area contributed by atoms with Crippen LogP contribution in [0.2, 0.25) is 0 Å². The molecular weight excluding hydrogens is 785 g/mol. The molecule has 0 fully saturated rings. The van der Waals surface area contributed by atoms with Crippen molar-refractivity contribution in [3.63, 3.8) is 0 Å². The second kappa shape index (κ2) is 19.0. The van der Waals surface area contributed by atoms with E-state index in [0.717, 1.165) is 41.9 Å². The Bertz CT molecular complexity index is 2070. The normalized spacial score (nSPS) is 20.5. The van der Waals surface area contributed by atoms with Crippen molar-refractivity contribution in [2.45, 2.75) is 100 Å². The van der Waals surface area contributed by atoms with Crippen LogP contribution in [0.25, 0.3) is 0 Å². The van der Waals surface area contributed by atoms with Gasteiger partial charge in [-0.15, -0.1) is 0 Å². The number of ketones is 1. The van der Waals surface area contributed by atoms with Gasteiger partial charge in [0.2, 0.25) is 5.69 Å². The van der Waals surface area contributed by atoms with Gasteiger partial charge in [-0.25, -0.2) is 4.21 Å². The second-order valence-electron chi connectivity index (χ2n) is 14.9. The van der Waals surface area contributed by atoms with Gasteiger partial charge in [0.15, 0.2) is 16.8 Å². The Balaban J connectivity index is 1.72. The van der Waals surface area contributed by atoms with Crippen molar-refractivity contribution in [3.05, 3.63) is 83.6 Å². The summed E-state index contributed by atoms with van der Waals surface area (Å²) in [6, 6.07) is 9.41. The Labute approximate surface area is 332 Å². The van der Waals surface area contributed by atoms with E-state index in [2.05, 4.69) is 11.8 Å². The molecule has 2 heterocycles. The molecule has 0 saturated carbocycles. The molecule has 16 heteroatoms. The maximum atomic E-state index is 12.2. The Morgan fingerprint density at radius 3 is 2.29 bits per heavy atom. The summed E-state index contributed by atoms with van der Waals surface area (Å²) in [4.78, 5) is 14.2. The topological polar surface area (TPSA) is 195 Å². The molecule has 55 heavy (non-hydrogen) atoms. The number of nitrogens with zero attached hydrogens (tertiary/aromatic N) is 2. The average molecular weight is 836 g/mol. The number of hydrogen-bond donors (Lipinski definition) is 2. The largest absolute Gasteiger partial charge is 0.772 e. The summed E-state index contributed by atoms with van der Waals surface area (Å²) in [5.74, 6) is 0.227. The van der Waals surface area contributed by atoms with Crippen molar-refractivity contribution in [1.29, 1.82) is 0 Å². The smallest absolute Gasteiger partial charge is 0.294 e. The van der Waals surface area contributed by atoms with Gasteiger partial charge >= 0.3 is 0 Å². The van der Waals surface area contributed by atoms with Crippen molar-refractivity contribution >= 4 is 66.2 Å². The average Bonchev–Trinajstić information content (AvgIpc) is 3.45. The quantitative estimate of drug-likeness (QED) is 0.0494. The highest BCUT2D eigenvalue weighted by Crippen LogP contribution is 2.51. The minimum Gasteiger partial charge on any atom is -0.772 e. The lowest BCUT2D eigenvalue weighted by molar-refractivity contribution is -0.437. The van der Waals surface area contributed by atoms with E-state index >= 15 is 0 Å². The molecule has 2 aromatic rings. The van der Waals surface area contributed by atoms with Crippen molar-refractivity contribution in [2.75, 3.05) is 29.5 Å². The van der Waals surface area contributed by atoms with E-state index in [4.69, 9.17) is 0 Å². The van der Waals surface area contributed by atoms with Gasteiger partial charge in [0.1, 0.15) is 12.3 Å². The summed E-state index contributed by atoms with van der Waals surface area (Å²) in [6.45, 7) is 10.5. The van der Waals surface area contributed by atoms with Gasteiger partial charge < -0.3 is 18.6 Å². The van der Waals surface area contributed by atoms with Crippen LogP contribution in [0.5, 0.6) is 0 Å². The molecule has 12 nitrogen and oxygen atoms in total. The fourth-order valence-corrected chi connectivity index (χ4v) is 9.12. The first kappa shape index (κ1) is 44.8. The predicted molar refractivity (Wildman–Crippen MR) is 215 cm³/mol. The van der Waals surface area contributed by atoms with E-state index in [1.54, 1.807) is 24.3 Å². The summed E-state index contributed by atoms with van der Waals surface area (Å²) in [5.41, 5.74) is 3.42. The van der Waals surface area contributed by atoms with Gasteiger partial charge in [0.25, 0.3) is 10.1 Å². The Morgan fingerprint density at radius 1 is 0.927 bits per heavy atom. The van der Waals surface area contributed by atoms with Crippen LogP contribution in [0, 0.1) is 5.92 Å². The van der Waals surface area contributed by atoms with Gasteiger partial charge in [-0.05, 0) is 93.1 Å². The highest BCUT2D eigenvalue weighted by molar-refractivity contribution is 7.85. The third-order valence-electron chi connectivity index (χ3n) is 10.4. The molecule has 0 spiro atoms. The van der Waals surface area contributed by atoms with E-state index in [-0.39, 0.29) is 33.0 Å². The fraction of sp³-hybridized carbons (Fsp3) is 0.487. The molecule has 2 aromatic carbocycles. The molecule has 0 bridgehead atoms. The molecule has 0 radical (unpaired) electrons. The number of fused-ring (bicyclic) bond motifs is 2. The summed E-state index contributed by atoms with van der Waals surface area (Å²) >= 11 is -6.66. The van der Waals surface area contributed by atoms with Crippen LogP contribution in [0.1, 0.15) is 90.7 Å². The number of rotatable bonds is 20. The molecule has 4 unspecified atom stereocenters. The van der Waals surface area contributed by atoms with Gasteiger partial charge in [-0.2, -0.15) is 13.0 Å². The molecule has 0 saturated heterocycles. The molecule has 4 atom stereocenters. The molecule has 2 aliphatic heterocycles. The number of carbonyl (C=O) groups excluding carboxylic acids is 1. The lowest BCUT2D eigenvalue weighted by Crippen LogP contribution is -2.30. The zero-order valence-electron chi connectivity index (χ0n) is 31.9. The summed E-state index contributed by atoms with van der Waals surface area (Å²) in [6.07, 6.45) is 13.7. The van der Waals surface area contributed by atoms with Gasteiger partial charge in [-0.1, -0.05) is 56.0 Å². The fourth-order valence-electron chi connectivity index (χ4n) is 7.48. The monoisotopic (exact) mass is 835 g/mol. The number of allylic oxidation sites excluding steroid dienone is 6. The Hall–Kier alpha value is -2.96. The van der Waals surface area contributed by atoms with E-state index in [0.29, 0.717) is 50.0 Å². The van der Waals surface area contributed by atoms with Gasteiger partial charge in [-0.3, -0.25) is 17.8 Å². The molecule has 4 rings (SSSR count). The lowest BCUT2D eigenvalue weighted by atomic mass is 9.77. The highest BCUT2D eigenvalue weighted by Gasteiger charge is 2.45. The first-order valence-corrected chi connectivity index (χ1v) is 23.3. The van der Waals surface area contributed by atoms with Crippen LogP contribution in [-0.2, 0) is 59.0 Å². The third kappa shape index (κ3) is 10.9. The zero-order valence-corrected chi connectivity index (χ0v) is 35.2. The van der Waals surface area contributed by atoms with Crippen LogP contribution in [0.15, 0.2) is 82.3 Å². The van der Waals surface area contributed by atoms with Crippen LogP contribution in [0.4, 0.5) is 11.4 Å². The van der Waals surface area contributed by atoms with Gasteiger partial charge in [0.05, 0.1) is 16.1 Å². The summed E-state index contributed by atoms with van der Waals surface area (Å²) in [5, 5.41) is 0. The number of unbranched alkanes of at least 4 members (excludes halogenated alkanes) is 2. The van der Waals surface area contributed by atoms with Crippen molar-refractivity contribution < 1.29 is 48.6 Å². The number of carbonyl (C=O) groups is 1. The molecule has 0 aliphatic carbocycles. The van der Waals surface area contributed by atoms with Crippen molar-refractivity contribution in [3.8, 4) is 0 Å². The van der Waals surface area contributed by atoms with Crippen molar-refractivity contribution in [1.82, 2.24) is 0 Å². The molecule has 2 aliphatic rings. The predicted octanol–water partition coefficient (Wildman–Crippen LogP) is 6.38. The molecule has 2 N–H and O–H groups in total. The van der Waals surface area contributed by atoms with E-state index in [1.165, 1.54) is 12.1 Å². The third-order valence-corrected chi connectivity index (χ3v) is 13.2. The first-order chi connectivity index (χ1) is 25.8. The molecule has 0 aromatic heterocycles. The zero-order chi connectivity index (χ0) is 40.7. The Kier molecular flexibility index (Phi) is 15.5. The van der Waals surface area contributed by atoms with Crippen LogP contribution >= 0.6 is 0 Å². The summed E-state index contributed by atoms with van der Waals surface area (Å²) in [7, 11) is -4.46. The number of anilines is 1. The van der Waals surface area contributed by atoms with E-state index in [1.807, 2.05) is 62.7 Å². The number of benzene rings is 2. The van der Waals surface area contributed by atoms with Crippen molar-refractivity contribution in [2.24, 2.45) is 5.92 Å². The summed E-state index contributed by atoms with van der Waals surface area (Å²) < 4.78 is 104. The SMILES string of the molecule is CC(C)C(=O)CCCCCC1(C)\C(=C/C=C/C=C/C2=[N+](CCCS(=O)[O-])c3ccc(S(=O)(=O)O)cc3C2(C)C)N(CCCS(=O)O)c2ccc(S(=O)[O-])cc21. The maximum Gasteiger partial charge on any atom is 0.294 e. The number of hydrogen-bond acceptors (Lipinski definition) is 9.